The third-order valence-corrected chi connectivity index (χ3v) is 7.78. The highest BCUT2D eigenvalue weighted by Gasteiger charge is 2.32. The summed E-state index contributed by atoms with van der Waals surface area (Å²) in [5.41, 5.74) is 1.22. The van der Waals surface area contributed by atoms with E-state index in [0.29, 0.717) is 30.9 Å². The Labute approximate surface area is 193 Å². The number of methoxy groups -OCH3 is 1. The largest absolute Gasteiger partial charge is 0.497 e. The fourth-order valence-corrected chi connectivity index (χ4v) is 5.36. The quantitative estimate of drug-likeness (QED) is 0.687. The number of piperazine rings is 1. The van der Waals surface area contributed by atoms with Crippen molar-refractivity contribution < 1.29 is 27.5 Å². The van der Waals surface area contributed by atoms with Crippen LogP contribution in [0.5, 0.6) is 11.5 Å². The zero-order valence-electron chi connectivity index (χ0n) is 18.6. The molecule has 176 valence electrons. The molecule has 2 aliphatic heterocycles. The predicted molar refractivity (Wildman–Crippen MR) is 122 cm³/mol. The SMILES string of the molecule is CC[C@@H]1Oc2ccc(S(=O)(=O)N3CCN(C(=O)Cc4ccc(OC)cc4)CC3)cc2NC1=O. The number of nitrogens with zero attached hydrogens (tertiary/aromatic N) is 2. The molecule has 2 aliphatic rings. The Hall–Kier alpha value is -3.11. The summed E-state index contributed by atoms with van der Waals surface area (Å²) in [6, 6.07) is 11.8. The third-order valence-electron chi connectivity index (χ3n) is 5.88. The first-order valence-corrected chi connectivity index (χ1v) is 12.3. The maximum atomic E-state index is 13.2. The molecule has 0 aliphatic carbocycles. The van der Waals surface area contributed by atoms with Crippen LogP contribution in [0, 0.1) is 0 Å². The van der Waals surface area contributed by atoms with E-state index in [4.69, 9.17) is 9.47 Å². The normalized spacial score (nSPS) is 18.8. The number of fused-ring (bicyclic) bond motifs is 1. The summed E-state index contributed by atoms with van der Waals surface area (Å²) in [7, 11) is -2.19. The van der Waals surface area contributed by atoms with Crippen LogP contribution in [0.3, 0.4) is 0 Å². The summed E-state index contributed by atoms with van der Waals surface area (Å²) in [5.74, 6) is 0.845. The van der Waals surface area contributed by atoms with Gasteiger partial charge in [0.25, 0.3) is 5.91 Å². The predicted octanol–water partition coefficient (Wildman–Crippen LogP) is 1.88. The van der Waals surface area contributed by atoms with Crippen LogP contribution in [0.15, 0.2) is 47.4 Å². The van der Waals surface area contributed by atoms with Crippen LogP contribution in [0.1, 0.15) is 18.9 Å². The Balaban J connectivity index is 1.39. The lowest BCUT2D eigenvalue weighted by Gasteiger charge is -2.34. The average Bonchev–Trinajstić information content (AvgIpc) is 2.83. The summed E-state index contributed by atoms with van der Waals surface area (Å²) in [4.78, 5) is 26.5. The van der Waals surface area contributed by atoms with Gasteiger partial charge < -0.3 is 19.7 Å². The number of rotatable bonds is 6. The van der Waals surface area contributed by atoms with Crippen LogP contribution in [0.2, 0.25) is 0 Å². The van der Waals surface area contributed by atoms with Crippen molar-refractivity contribution in [3.05, 3.63) is 48.0 Å². The number of hydrogen-bond donors (Lipinski definition) is 1. The van der Waals surface area contributed by atoms with E-state index in [9.17, 15) is 18.0 Å². The molecule has 0 radical (unpaired) electrons. The van der Waals surface area contributed by atoms with Crippen molar-refractivity contribution in [2.45, 2.75) is 30.8 Å². The van der Waals surface area contributed by atoms with Crippen molar-refractivity contribution in [2.75, 3.05) is 38.6 Å². The fraction of sp³-hybridized carbons (Fsp3) is 0.391. The van der Waals surface area contributed by atoms with Gasteiger partial charge in [0, 0.05) is 26.2 Å². The number of hydrogen-bond acceptors (Lipinski definition) is 6. The van der Waals surface area contributed by atoms with E-state index in [1.54, 1.807) is 18.1 Å². The minimum Gasteiger partial charge on any atom is -0.497 e. The molecule has 0 aromatic heterocycles. The Morgan fingerprint density at radius 1 is 1.12 bits per heavy atom. The Kier molecular flexibility index (Phi) is 6.57. The molecular formula is C23H27N3O6S. The molecule has 2 aromatic rings. The molecule has 1 fully saturated rings. The van der Waals surface area contributed by atoms with Gasteiger partial charge in [-0.15, -0.1) is 0 Å². The lowest BCUT2D eigenvalue weighted by atomic mass is 10.1. The summed E-state index contributed by atoms with van der Waals surface area (Å²) in [6.45, 7) is 2.88. The van der Waals surface area contributed by atoms with E-state index in [1.165, 1.54) is 16.4 Å². The molecule has 0 bridgehead atoms. The average molecular weight is 474 g/mol. The maximum Gasteiger partial charge on any atom is 0.265 e. The first-order valence-electron chi connectivity index (χ1n) is 10.8. The van der Waals surface area contributed by atoms with E-state index in [0.717, 1.165) is 11.3 Å². The van der Waals surface area contributed by atoms with Crippen LogP contribution in [0.4, 0.5) is 5.69 Å². The molecule has 1 N–H and O–H groups in total. The summed E-state index contributed by atoms with van der Waals surface area (Å²) in [6.07, 6.45) is 0.191. The summed E-state index contributed by atoms with van der Waals surface area (Å²) in [5, 5.41) is 2.72. The fourth-order valence-electron chi connectivity index (χ4n) is 3.92. The van der Waals surface area contributed by atoms with Gasteiger partial charge in [-0.3, -0.25) is 9.59 Å². The molecule has 0 unspecified atom stereocenters. The number of nitrogens with one attached hydrogen (secondary N) is 1. The molecule has 0 spiro atoms. The molecule has 1 atom stereocenters. The standard InChI is InChI=1S/C23H27N3O6S/c1-3-20-23(28)24-19-15-18(8-9-21(19)32-20)33(29,30)26-12-10-25(11-13-26)22(27)14-16-4-6-17(31-2)7-5-16/h4-9,15,20H,3,10-14H2,1-2H3,(H,24,28)/t20-/m0/s1. The molecule has 4 rings (SSSR count). The van der Waals surface area contributed by atoms with Crippen LogP contribution in [-0.4, -0.2) is 68.8 Å². The summed E-state index contributed by atoms with van der Waals surface area (Å²) >= 11 is 0. The molecule has 2 amide bonds. The van der Waals surface area contributed by atoms with Crippen molar-refractivity contribution in [1.29, 1.82) is 0 Å². The smallest absolute Gasteiger partial charge is 0.265 e. The molecule has 0 saturated carbocycles. The highest BCUT2D eigenvalue weighted by atomic mass is 32.2. The zero-order chi connectivity index (χ0) is 23.6. The molecular weight excluding hydrogens is 446 g/mol. The zero-order valence-corrected chi connectivity index (χ0v) is 19.4. The number of sulfonamides is 1. The number of ether oxygens (including phenoxy) is 2. The minimum absolute atomic E-state index is 0.0451. The van der Waals surface area contributed by atoms with Gasteiger partial charge in [0.1, 0.15) is 11.5 Å². The van der Waals surface area contributed by atoms with Crippen molar-refractivity contribution in [2.24, 2.45) is 0 Å². The number of anilines is 1. The van der Waals surface area contributed by atoms with Crippen LogP contribution >= 0.6 is 0 Å². The third kappa shape index (κ3) is 4.81. The Morgan fingerprint density at radius 3 is 2.45 bits per heavy atom. The maximum absolute atomic E-state index is 13.2. The van der Waals surface area contributed by atoms with E-state index in [2.05, 4.69) is 5.32 Å². The van der Waals surface area contributed by atoms with Crippen LogP contribution in [0.25, 0.3) is 0 Å². The van der Waals surface area contributed by atoms with Crippen molar-refractivity contribution in [3.63, 3.8) is 0 Å². The molecule has 2 heterocycles. The summed E-state index contributed by atoms with van der Waals surface area (Å²) < 4.78 is 38.5. The first kappa shape index (κ1) is 23.1. The van der Waals surface area contributed by atoms with Crippen molar-refractivity contribution >= 4 is 27.5 Å². The van der Waals surface area contributed by atoms with Gasteiger partial charge in [-0.1, -0.05) is 19.1 Å². The molecule has 33 heavy (non-hydrogen) atoms. The Morgan fingerprint density at radius 2 is 1.82 bits per heavy atom. The van der Waals surface area contributed by atoms with Gasteiger partial charge in [-0.2, -0.15) is 4.31 Å². The topological polar surface area (TPSA) is 105 Å². The van der Waals surface area contributed by atoms with Crippen molar-refractivity contribution in [1.82, 2.24) is 9.21 Å². The second kappa shape index (κ2) is 9.40. The highest BCUT2D eigenvalue weighted by molar-refractivity contribution is 7.89. The lowest BCUT2D eigenvalue weighted by molar-refractivity contribution is -0.131. The molecule has 2 aromatic carbocycles. The highest BCUT2D eigenvalue weighted by Crippen LogP contribution is 2.33. The van der Waals surface area contributed by atoms with Gasteiger partial charge in [0.15, 0.2) is 6.10 Å². The second-order valence-electron chi connectivity index (χ2n) is 7.97. The van der Waals surface area contributed by atoms with E-state index in [1.807, 2.05) is 31.2 Å². The molecule has 1 saturated heterocycles. The lowest BCUT2D eigenvalue weighted by Crippen LogP contribution is -2.50. The molecule has 9 nitrogen and oxygen atoms in total. The van der Waals surface area contributed by atoms with Crippen LogP contribution < -0.4 is 14.8 Å². The van der Waals surface area contributed by atoms with Gasteiger partial charge in [-0.05, 0) is 42.3 Å². The van der Waals surface area contributed by atoms with Gasteiger partial charge in [0.05, 0.1) is 24.1 Å². The monoisotopic (exact) mass is 473 g/mol. The number of carbonyl (C=O) groups is 2. The number of amides is 2. The van der Waals surface area contributed by atoms with E-state index < -0.39 is 16.1 Å². The molecule has 10 heteroatoms. The van der Waals surface area contributed by atoms with Gasteiger partial charge in [-0.25, -0.2) is 8.42 Å². The Bertz CT molecular complexity index is 1140. The van der Waals surface area contributed by atoms with E-state index >= 15 is 0 Å². The first-order chi connectivity index (χ1) is 15.8. The second-order valence-corrected chi connectivity index (χ2v) is 9.91. The minimum atomic E-state index is -3.77. The van der Waals surface area contributed by atoms with Crippen molar-refractivity contribution in [3.8, 4) is 11.5 Å². The van der Waals surface area contributed by atoms with Gasteiger partial charge in [0.2, 0.25) is 15.9 Å². The van der Waals surface area contributed by atoms with E-state index in [-0.39, 0.29) is 36.2 Å². The van der Waals surface area contributed by atoms with Crippen LogP contribution in [-0.2, 0) is 26.0 Å². The van der Waals surface area contributed by atoms with Gasteiger partial charge >= 0.3 is 0 Å². The number of benzene rings is 2. The number of carbonyl (C=O) groups excluding carboxylic acids is 2.